The van der Waals surface area contributed by atoms with Crippen LogP contribution in [0.3, 0.4) is 0 Å². The van der Waals surface area contributed by atoms with E-state index in [9.17, 15) is 4.79 Å². The largest absolute Gasteiger partial charge is 0.494 e. The molecule has 2 rings (SSSR count). The topological polar surface area (TPSA) is 47.6 Å². The highest BCUT2D eigenvalue weighted by Crippen LogP contribution is 2.17. The summed E-state index contributed by atoms with van der Waals surface area (Å²) in [4.78, 5) is 12.0. The SMILES string of the molecule is CCCCCCOc1ccc(NC(=O)CCOc2ccc(CC)cc2)cc1. The van der Waals surface area contributed by atoms with Gasteiger partial charge in [-0.3, -0.25) is 4.79 Å². The number of rotatable bonds is 12. The highest BCUT2D eigenvalue weighted by atomic mass is 16.5. The predicted octanol–water partition coefficient (Wildman–Crippen LogP) is 5.62. The molecule has 0 saturated carbocycles. The molecule has 4 nitrogen and oxygen atoms in total. The molecule has 0 aliphatic heterocycles. The Labute approximate surface area is 162 Å². The van der Waals surface area contributed by atoms with E-state index in [4.69, 9.17) is 9.47 Å². The zero-order valence-electron chi connectivity index (χ0n) is 16.5. The molecule has 0 bridgehead atoms. The van der Waals surface area contributed by atoms with Crippen LogP contribution in [0.4, 0.5) is 5.69 Å². The van der Waals surface area contributed by atoms with Crippen molar-refractivity contribution in [2.24, 2.45) is 0 Å². The van der Waals surface area contributed by atoms with Gasteiger partial charge < -0.3 is 14.8 Å². The number of anilines is 1. The van der Waals surface area contributed by atoms with Gasteiger partial charge in [-0.15, -0.1) is 0 Å². The molecule has 0 unspecified atom stereocenters. The van der Waals surface area contributed by atoms with Crippen LogP contribution in [0.5, 0.6) is 11.5 Å². The average Bonchev–Trinajstić information content (AvgIpc) is 2.69. The Bertz CT molecular complexity index is 665. The van der Waals surface area contributed by atoms with Crippen molar-refractivity contribution >= 4 is 11.6 Å². The average molecular weight is 370 g/mol. The van der Waals surface area contributed by atoms with Gasteiger partial charge in [0.05, 0.1) is 19.6 Å². The van der Waals surface area contributed by atoms with Crippen molar-refractivity contribution in [3.8, 4) is 11.5 Å². The van der Waals surface area contributed by atoms with Crippen molar-refractivity contribution in [3.63, 3.8) is 0 Å². The molecule has 2 aromatic rings. The smallest absolute Gasteiger partial charge is 0.227 e. The van der Waals surface area contributed by atoms with Crippen LogP contribution in [0.25, 0.3) is 0 Å². The minimum atomic E-state index is -0.0617. The Balaban J connectivity index is 1.65. The lowest BCUT2D eigenvalue weighted by atomic mass is 10.2. The molecule has 0 radical (unpaired) electrons. The molecule has 0 aliphatic rings. The maximum Gasteiger partial charge on any atom is 0.227 e. The molecule has 2 aromatic carbocycles. The molecule has 0 atom stereocenters. The van der Waals surface area contributed by atoms with Crippen LogP contribution in [-0.2, 0) is 11.2 Å². The third kappa shape index (κ3) is 8.16. The minimum Gasteiger partial charge on any atom is -0.494 e. The molecular formula is C23H31NO3. The lowest BCUT2D eigenvalue weighted by Crippen LogP contribution is -2.15. The second-order valence-electron chi connectivity index (χ2n) is 6.58. The second kappa shape index (κ2) is 12.0. The molecule has 0 aromatic heterocycles. The van der Waals surface area contributed by atoms with Crippen LogP contribution in [0.1, 0.15) is 51.5 Å². The van der Waals surface area contributed by atoms with E-state index in [0.717, 1.165) is 36.6 Å². The zero-order valence-corrected chi connectivity index (χ0v) is 16.5. The Kier molecular flexibility index (Phi) is 9.25. The van der Waals surface area contributed by atoms with Crippen molar-refractivity contribution in [2.75, 3.05) is 18.5 Å². The summed E-state index contributed by atoms with van der Waals surface area (Å²) < 4.78 is 11.3. The molecule has 0 heterocycles. The van der Waals surface area contributed by atoms with E-state index in [-0.39, 0.29) is 5.91 Å². The van der Waals surface area contributed by atoms with Crippen molar-refractivity contribution in [3.05, 3.63) is 54.1 Å². The van der Waals surface area contributed by atoms with Gasteiger partial charge in [-0.25, -0.2) is 0 Å². The summed E-state index contributed by atoms with van der Waals surface area (Å²) in [6.45, 7) is 5.41. The number of hydrogen-bond donors (Lipinski definition) is 1. The van der Waals surface area contributed by atoms with Crippen LogP contribution in [-0.4, -0.2) is 19.1 Å². The number of carbonyl (C=O) groups excluding carboxylic acids is 1. The molecule has 0 spiro atoms. The Morgan fingerprint density at radius 1 is 0.815 bits per heavy atom. The highest BCUT2D eigenvalue weighted by Gasteiger charge is 2.04. The number of ether oxygens (including phenoxy) is 2. The number of nitrogens with one attached hydrogen (secondary N) is 1. The first-order valence-corrected chi connectivity index (χ1v) is 9.95. The van der Waals surface area contributed by atoms with Gasteiger partial charge in [0.2, 0.25) is 5.91 Å². The van der Waals surface area contributed by atoms with Crippen LogP contribution in [0, 0.1) is 0 Å². The first-order valence-electron chi connectivity index (χ1n) is 9.95. The summed E-state index contributed by atoms with van der Waals surface area (Å²) in [5.74, 6) is 1.57. The zero-order chi connectivity index (χ0) is 19.3. The first-order chi connectivity index (χ1) is 13.2. The molecule has 0 saturated heterocycles. The minimum absolute atomic E-state index is 0.0617. The third-order valence-electron chi connectivity index (χ3n) is 4.33. The number of hydrogen-bond acceptors (Lipinski definition) is 3. The van der Waals surface area contributed by atoms with Crippen LogP contribution < -0.4 is 14.8 Å². The highest BCUT2D eigenvalue weighted by molar-refractivity contribution is 5.90. The fraction of sp³-hybridized carbons (Fsp3) is 0.435. The molecule has 27 heavy (non-hydrogen) atoms. The standard InChI is InChI=1S/C23H31NO3/c1-3-5-6-7-17-26-22-14-10-20(11-15-22)24-23(25)16-18-27-21-12-8-19(4-2)9-13-21/h8-15H,3-7,16-18H2,1-2H3,(H,24,25). The molecule has 146 valence electrons. The predicted molar refractivity (Wildman–Crippen MR) is 111 cm³/mol. The lowest BCUT2D eigenvalue weighted by molar-refractivity contribution is -0.116. The van der Waals surface area contributed by atoms with Crippen LogP contribution in [0.15, 0.2) is 48.5 Å². The Morgan fingerprint density at radius 2 is 1.44 bits per heavy atom. The number of aryl methyl sites for hydroxylation is 1. The number of benzene rings is 2. The van der Waals surface area contributed by atoms with Crippen molar-refractivity contribution in [1.82, 2.24) is 0 Å². The van der Waals surface area contributed by atoms with Gasteiger partial charge in [-0.1, -0.05) is 45.2 Å². The number of unbranched alkanes of at least 4 members (excludes halogenated alkanes) is 3. The molecular weight excluding hydrogens is 338 g/mol. The van der Waals surface area contributed by atoms with Gasteiger partial charge in [0.15, 0.2) is 0 Å². The van der Waals surface area contributed by atoms with E-state index in [1.54, 1.807) is 0 Å². The fourth-order valence-corrected chi connectivity index (χ4v) is 2.66. The van der Waals surface area contributed by atoms with Crippen molar-refractivity contribution in [1.29, 1.82) is 0 Å². The number of amides is 1. The summed E-state index contributed by atoms with van der Waals surface area (Å²) >= 11 is 0. The molecule has 0 aliphatic carbocycles. The van der Waals surface area contributed by atoms with E-state index in [1.807, 2.05) is 48.5 Å². The van der Waals surface area contributed by atoms with Gasteiger partial charge in [0.25, 0.3) is 0 Å². The monoisotopic (exact) mass is 369 g/mol. The van der Waals surface area contributed by atoms with Gasteiger partial charge in [-0.2, -0.15) is 0 Å². The summed E-state index contributed by atoms with van der Waals surface area (Å²) in [6, 6.07) is 15.5. The van der Waals surface area contributed by atoms with E-state index >= 15 is 0 Å². The lowest BCUT2D eigenvalue weighted by Gasteiger charge is -2.09. The van der Waals surface area contributed by atoms with E-state index in [2.05, 4.69) is 19.2 Å². The maximum absolute atomic E-state index is 12.0. The summed E-state index contributed by atoms with van der Waals surface area (Å²) in [5, 5.41) is 2.88. The summed E-state index contributed by atoms with van der Waals surface area (Å²) in [7, 11) is 0. The first kappa shape index (κ1) is 20.8. The van der Waals surface area contributed by atoms with Gasteiger partial charge in [0.1, 0.15) is 11.5 Å². The van der Waals surface area contributed by atoms with Crippen LogP contribution >= 0.6 is 0 Å². The van der Waals surface area contributed by atoms with E-state index in [0.29, 0.717) is 13.0 Å². The third-order valence-corrected chi connectivity index (χ3v) is 4.33. The normalized spacial score (nSPS) is 10.4. The Morgan fingerprint density at radius 3 is 2.07 bits per heavy atom. The maximum atomic E-state index is 12.0. The van der Waals surface area contributed by atoms with Gasteiger partial charge >= 0.3 is 0 Å². The second-order valence-corrected chi connectivity index (χ2v) is 6.58. The summed E-state index contributed by atoms with van der Waals surface area (Å²) in [6.07, 6.45) is 6.08. The molecule has 1 amide bonds. The Hall–Kier alpha value is -2.49. The number of carbonyl (C=O) groups is 1. The van der Waals surface area contributed by atoms with Crippen molar-refractivity contribution < 1.29 is 14.3 Å². The van der Waals surface area contributed by atoms with Gasteiger partial charge in [-0.05, 0) is 54.8 Å². The van der Waals surface area contributed by atoms with Crippen molar-refractivity contribution in [2.45, 2.75) is 52.4 Å². The van der Waals surface area contributed by atoms with Gasteiger partial charge in [0, 0.05) is 5.69 Å². The molecule has 1 N–H and O–H groups in total. The van der Waals surface area contributed by atoms with Crippen LogP contribution in [0.2, 0.25) is 0 Å². The quantitative estimate of drug-likeness (QED) is 0.494. The van der Waals surface area contributed by atoms with E-state index < -0.39 is 0 Å². The van der Waals surface area contributed by atoms with E-state index in [1.165, 1.54) is 24.8 Å². The molecule has 4 heteroatoms. The fourth-order valence-electron chi connectivity index (χ4n) is 2.66. The molecule has 0 fully saturated rings. The summed E-state index contributed by atoms with van der Waals surface area (Å²) in [5.41, 5.74) is 2.04.